The number of H-pyrrole nitrogens is 1. The zero-order valence-corrected chi connectivity index (χ0v) is 13.0. The number of benzene rings is 2. The van der Waals surface area contributed by atoms with Gasteiger partial charge < -0.3 is 11.1 Å². The molecule has 2 aromatic carbocycles. The lowest BCUT2D eigenvalue weighted by Crippen LogP contribution is -2.34. The van der Waals surface area contributed by atoms with Gasteiger partial charge in [-0.3, -0.25) is 9.89 Å². The summed E-state index contributed by atoms with van der Waals surface area (Å²) in [5, 5.41) is 9.11. The van der Waals surface area contributed by atoms with Crippen LogP contribution < -0.4 is 11.1 Å². The largest absolute Gasteiger partial charge is 0.350 e. The number of nitrogens with one attached hydrogen (secondary N) is 2. The number of hydrogen-bond donors (Lipinski definition) is 3. The van der Waals surface area contributed by atoms with Gasteiger partial charge in [-0.25, -0.2) is 13.8 Å². The monoisotopic (exact) mass is 343 g/mol. The molecule has 0 saturated heterocycles. The topological polar surface area (TPSA) is 96.7 Å². The van der Waals surface area contributed by atoms with Crippen molar-refractivity contribution in [3.05, 3.63) is 71.6 Å². The van der Waals surface area contributed by atoms with Gasteiger partial charge in [-0.1, -0.05) is 24.3 Å². The second-order valence-corrected chi connectivity index (χ2v) is 5.37. The fourth-order valence-electron chi connectivity index (χ4n) is 2.41. The number of aromatic nitrogens is 3. The van der Waals surface area contributed by atoms with Crippen molar-refractivity contribution >= 4 is 5.91 Å². The number of nitrogens with two attached hydrogens (primary N) is 1. The maximum atomic E-state index is 13.7. The Labute approximate surface area is 142 Å². The van der Waals surface area contributed by atoms with Crippen LogP contribution in [-0.2, 0) is 11.3 Å². The lowest BCUT2D eigenvalue weighted by atomic mass is 10.1. The van der Waals surface area contributed by atoms with Crippen LogP contribution in [0, 0.1) is 11.6 Å². The molecule has 0 spiro atoms. The van der Waals surface area contributed by atoms with E-state index in [1.54, 1.807) is 12.1 Å². The molecule has 1 unspecified atom stereocenters. The molecule has 1 aromatic heterocycles. The van der Waals surface area contributed by atoms with E-state index in [1.165, 1.54) is 12.4 Å². The lowest BCUT2D eigenvalue weighted by Gasteiger charge is -2.14. The van der Waals surface area contributed by atoms with Crippen molar-refractivity contribution in [1.82, 2.24) is 20.5 Å². The molecule has 3 rings (SSSR count). The summed E-state index contributed by atoms with van der Waals surface area (Å²) in [5.74, 6) is -1.78. The molecule has 0 fully saturated rings. The highest BCUT2D eigenvalue weighted by atomic mass is 19.1. The van der Waals surface area contributed by atoms with Gasteiger partial charge in [-0.15, -0.1) is 0 Å². The smallest absolute Gasteiger partial charge is 0.242 e. The molecule has 1 amide bonds. The molecule has 8 heteroatoms. The minimum atomic E-state index is -1.43. The highest BCUT2D eigenvalue weighted by Crippen LogP contribution is 2.19. The van der Waals surface area contributed by atoms with Crippen LogP contribution in [0.5, 0.6) is 0 Å². The summed E-state index contributed by atoms with van der Waals surface area (Å²) in [6.45, 7) is 0.157. The second-order valence-electron chi connectivity index (χ2n) is 5.37. The zero-order valence-electron chi connectivity index (χ0n) is 13.0. The van der Waals surface area contributed by atoms with Crippen LogP contribution in [0.25, 0.3) is 11.4 Å². The Hall–Kier alpha value is -3.13. The van der Waals surface area contributed by atoms with Gasteiger partial charge in [0.05, 0.1) is 0 Å². The molecule has 4 N–H and O–H groups in total. The SMILES string of the molecule is NC(C(=O)NCc1cccc(-c2ncn[nH]2)c1)c1c(F)cccc1F. The van der Waals surface area contributed by atoms with Gasteiger partial charge in [0.15, 0.2) is 5.82 Å². The summed E-state index contributed by atoms with van der Waals surface area (Å²) in [7, 11) is 0. The molecule has 0 aliphatic carbocycles. The maximum absolute atomic E-state index is 13.7. The van der Waals surface area contributed by atoms with Crippen molar-refractivity contribution < 1.29 is 13.6 Å². The van der Waals surface area contributed by atoms with E-state index in [4.69, 9.17) is 5.73 Å². The minimum Gasteiger partial charge on any atom is -0.350 e. The van der Waals surface area contributed by atoms with Crippen LogP contribution in [0.15, 0.2) is 48.8 Å². The Bertz CT molecular complexity index is 862. The first kappa shape index (κ1) is 16.7. The number of aromatic amines is 1. The van der Waals surface area contributed by atoms with E-state index < -0.39 is 29.1 Å². The first-order chi connectivity index (χ1) is 12.1. The van der Waals surface area contributed by atoms with E-state index in [0.717, 1.165) is 23.3 Å². The minimum absolute atomic E-state index is 0.157. The molecule has 3 aromatic rings. The summed E-state index contributed by atoms with van der Waals surface area (Å²) in [5.41, 5.74) is 6.83. The predicted molar refractivity (Wildman–Crippen MR) is 87.0 cm³/mol. The van der Waals surface area contributed by atoms with Crippen molar-refractivity contribution in [2.75, 3.05) is 0 Å². The molecule has 6 nitrogen and oxygen atoms in total. The average molecular weight is 343 g/mol. The van der Waals surface area contributed by atoms with Crippen molar-refractivity contribution in [3.63, 3.8) is 0 Å². The van der Waals surface area contributed by atoms with Gasteiger partial charge in [0.25, 0.3) is 0 Å². The van der Waals surface area contributed by atoms with Crippen LogP contribution in [0.4, 0.5) is 8.78 Å². The van der Waals surface area contributed by atoms with Gasteiger partial charge in [0, 0.05) is 17.7 Å². The fourth-order valence-corrected chi connectivity index (χ4v) is 2.41. The second kappa shape index (κ2) is 7.18. The molecule has 1 atom stereocenters. The summed E-state index contributed by atoms with van der Waals surface area (Å²) in [6.07, 6.45) is 1.39. The summed E-state index contributed by atoms with van der Waals surface area (Å²) in [6, 6.07) is 9.17. The number of rotatable bonds is 5. The standard InChI is InChI=1S/C17H15F2N5O/c18-12-5-2-6-13(19)14(12)15(20)17(25)21-8-10-3-1-4-11(7-10)16-22-9-23-24-16/h1-7,9,15H,8,20H2,(H,21,25)(H,22,23,24). The van der Waals surface area contributed by atoms with E-state index in [-0.39, 0.29) is 6.54 Å². The van der Waals surface area contributed by atoms with Crippen LogP contribution in [0.2, 0.25) is 0 Å². The normalized spacial score (nSPS) is 12.0. The quantitative estimate of drug-likeness (QED) is 0.661. The Morgan fingerprint density at radius 3 is 2.60 bits per heavy atom. The molecular formula is C17H15F2N5O. The van der Waals surface area contributed by atoms with Crippen molar-refractivity contribution in [1.29, 1.82) is 0 Å². The molecule has 0 radical (unpaired) electrons. The molecule has 0 aliphatic rings. The molecule has 0 aliphatic heterocycles. The van der Waals surface area contributed by atoms with Crippen LogP contribution in [-0.4, -0.2) is 21.1 Å². The van der Waals surface area contributed by atoms with E-state index in [9.17, 15) is 13.6 Å². The number of halogens is 2. The molecule has 0 saturated carbocycles. The number of nitrogens with zero attached hydrogens (tertiary/aromatic N) is 2. The van der Waals surface area contributed by atoms with E-state index in [2.05, 4.69) is 20.5 Å². The first-order valence-corrected chi connectivity index (χ1v) is 7.48. The molecule has 128 valence electrons. The van der Waals surface area contributed by atoms with Crippen LogP contribution in [0.3, 0.4) is 0 Å². The average Bonchev–Trinajstić information content (AvgIpc) is 3.14. The number of carbonyl (C=O) groups is 1. The number of hydrogen-bond acceptors (Lipinski definition) is 4. The summed E-state index contributed by atoms with van der Waals surface area (Å²) < 4.78 is 27.4. The zero-order chi connectivity index (χ0) is 17.8. The molecule has 0 bridgehead atoms. The number of amides is 1. The van der Waals surface area contributed by atoms with Gasteiger partial charge >= 0.3 is 0 Å². The van der Waals surface area contributed by atoms with E-state index >= 15 is 0 Å². The Morgan fingerprint density at radius 1 is 1.20 bits per heavy atom. The van der Waals surface area contributed by atoms with Crippen molar-refractivity contribution in [3.8, 4) is 11.4 Å². The van der Waals surface area contributed by atoms with Crippen molar-refractivity contribution in [2.45, 2.75) is 12.6 Å². The Kier molecular flexibility index (Phi) is 4.80. The van der Waals surface area contributed by atoms with E-state index in [1.807, 2.05) is 12.1 Å². The highest BCUT2D eigenvalue weighted by molar-refractivity contribution is 5.83. The molecular weight excluding hydrogens is 328 g/mol. The highest BCUT2D eigenvalue weighted by Gasteiger charge is 2.22. The Morgan fingerprint density at radius 2 is 1.92 bits per heavy atom. The molecule has 25 heavy (non-hydrogen) atoms. The summed E-state index contributed by atoms with van der Waals surface area (Å²) in [4.78, 5) is 16.2. The lowest BCUT2D eigenvalue weighted by molar-refractivity contribution is -0.122. The third kappa shape index (κ3) is 3.69. The third-order valence-electron chi connectivity index (χ3n) is 3.68. The van der Waals surface area contributed by atoms with Gasteiger partial charge in [0.2, 0.25) is 5.91 Å². The fraction of sp³-hybridized carbons (Fsp3) is 0.118. The molecule has 1 heterocycles. The third-order valence-corrected chi connectivity index (χ3v) is 3.68. The van der Waals surface area contributed by atoms with Crippen LogP contribution >= 0.6 is 0 Å². The van der Waals surface area contributed by atoms with E-state index in [0.29, 0.717) is 5.82 Å². The first-order valence-electron chi connectivity index (χ1n) is 7.48. The van der Waals surface area contributed by atoms with Crippen LogP contribution in [0.1, 0.15) is 17.2 Å². The summed E-state index contributed by atoms with van der Waals surface area (Å²) >= 11 is 0. The maximum Gasteiger partial charge on any atom is 0.242 e. The number of carbonyl (C=O) groups excluding carboxylic acids is 1. The van der Waals surface area contributed by atoms with Crippen molar-refractivity contribution in [2.24, 2.45) is 5.73 Å². The predicted octanol–water partition coefficient (Wildman–Crippen LogP) is 2.07. The van der Waals surface area contributed by atoms with Gasteiger partial charge in [0.1, 0.15) is 24.0 Å². The Balaban J connectivity index is 1.69. The van der Waals surface area contributed by atoms with Gasteiger partial charge in [-0.2, -0.15) is 5.10 Å². The van der Waals surface area contributed by atoms with Gasteiger partial charge in [-0.05, 0) is 23.8 Å².